The molecular weight excluding hydrogens is 167 g/mol. The Bertz CT molecular complexity index is 143. The van der Waals surface area contributed by atoms with Gasteiger partial charge in [-0.05, 0) is 22.2 Å². The highest BCUT2D eigenvalue weighted by Gasteiger charge is 1.92. The molecular formula is C9H19N2P. The van der Waals surface area contributed by atoms with Crippen molar-refractivity contribution in [3.8, 4) is 0 Å². The summed E-state index contributed by atoms with van der Waals surface area (Å²) in [7, 11) is 2.25. The van der Waals surface area contributed by atoms with Gasteiger partial charge in [0.05, 0.1) is 0 Å². The zero-order valence-electron chi connectivity index (χ0n) is 7.84. The number of hydrogen-bond donors (Lipinski definition) is 1. The number of nitrogens with one attached hydrogen (secondary N) is 1. The Morgan fingerprint density at radius 3 is 2.58 bits per heavy atom. The van der Waals surface area contributed by atoms with Crippen LogP contribution in [-0.4, -0.2) is 11.9 Å². The van der Waals surface area contributed by atoms with E-state index in [9.17, 15) is 0 Å². The fraction of sp³-hybridized carbons (Fsp3) is 0.778. The standard InChI is InChI=1S/C9H19N2P/c1-2-3-4-5-6-7-9(10)8-11-12/h8,10H,2-7,12H2,1H3. The third-order valence-electron chi connectivity index (χ3n) is 1.78. The van der Waals surface area contributed by atoms with E-state index in [2.05, 4.69) is 21.1 Å². The SMILES string of the molecule is CCCCCCCC(=N)C=NP. The van der Waals surface area contributed by atoms with Crippen LogP contribution in [0.25, 0.3) is 0 Å². The topological polar surface area (TPSA) is 36.2 Å². The van der Waals surface area contributed by atoms with Crippen molar-refractivity contribution in [3.05, 3.63) is 0 Å². The maximum Gasteiger partial charge on any atom is 0.0495 e. The van der Waals surface area contributed by atoms with Gasteiger partial charge in [0, 0.05) is 11.9 Å². The zero-order valence-corrected chi connectivity index (χ0v) is 9.00. The average molecular weight is 186 g/mol. The van der Waals surface area contributed by atoms with Gasteiger partial charge in [-0.25, -0.2) is 0 Å². The molecule has 0 aliphatic rings. The van der Waals surface area contributed by atoms with E-state index in [0.717, 1.165) is 12.8 Å². The highest BCUT2D eigenvalue weighted by molar-refractivity contribution is 7.15. The molecule has 0 aromatic carbocycles. The molecule has 70 valence electrons. The third kappa shape index (κ3) is 7.87. The second-order valence-corrected chi connectivity index (χ2v) is 3.27. The van der Waals surface area contributed by atoms with Crippen LogP contribution in [0.1, 0.15) is 45.4 Å². The quantitative estimate of drug-likeness (QED) is 0.360. The molecule has 0 spiro atoms. The van der Waals surface area contributed by atoms with Crippen molar-refractivity contribution < 1.29 is 0 Å². The van der Waals surface area contributed by atoms with E-state index in [1.807, 2.05) is 0 Å². The van der Waals surface area contributed by atoms with Crippen molar-refractivity contribution >= 4 is 21.3 Å². The van der Waals surface area contributed by atoms with Gasteiger partial charge < -0.3 is 5.41 Å². The lowest BCUT2D eigenvalue weighted by atomic mass is 10.1. The molecule has 0 rings (SSSR count). The molecule has 0 amide bonds. The van der Waals surface area contributed by atoms with Gasteiger partial charge in [0.1, 0.15) is 0 Å². The Kier molecular flexibility index (Phi) is 8.69. The first-order valence-corrected chi connectivity index (χ1v) is 5.13. The van der Waals surface area contributed by atoms with Gasteiger partial charge in [-0.3, -0.25) is 4.76 Å². The Morgan fingerprint density at radius 1 is 1.33 bits per heavy atom. The van der Waals surface area contributed by atoms with Crippen LogP contribution in [0.5, 0.6) is 0 Å². The van der Waals surface area contributed by atoms with Gasteiger partial charge in [-0.2, -0.15) is 0 Å². The van der Waals surface area contributed by atoms with Gasteiger partial charge in [-0.1, -0.05) is 32.6 Å². The van der Waals surface area contributed by atoms with Crippen LogP contribution in [-0.2, 0) is 0 Å². The fourth-order valence-corrected chi connectivity index (χ4v) is 1.25. The molecule has 3 heteroatoms. The molecule has 0 radical (unpaired) electrons. The first kappa shape index (κ1) is 11.8. The lowest BCUT2D eigenvalue weighted by molar-refractivity contribution is 0.644. The summed E-state index contributed by atoms with van der Waals surface area (Å²) in [5, 5.41) is 7.41. The Hall–Kier alpha value is -0.230. The predicted molar refractivity (Wildman–Crippen MR) is 59.3 cm³/mol. The number of hydrogen-bond acceptors (Lipinski definition) is 2. The van der Waals surface area contributed by atoms with Crippen molar-refractivity contribution in [2.24, 2.45) is 4.76 Å². The lowest BCUT2D eigenvalue weighted by Gasteiger charge is -1.98. The van der Waals surface area contributed by atoms with E-state index in [1.54, 1.807) is 6.21 Å². The van der Waals surface area contributed by atoms with Gasteiger partial charge in [0.2, 0.25) is 0 Å². The van der Waals surface area contributed by atoms with Crippen LogP contribution >= 0.6 is 9.39 Å². The van der Waals surface area contributed by atoms with Crippen LogP contribution in [0.3, 0.4) is 0 Å². The number of nitrogens with zero attached hydrogens (tertiary/aromatic N) is 1. The summed E-state index contributed by atoms with van der Waals surface area (Å²) in [6, 6.07) is 0. The Balaban J connectivity index is 3.14. The molecule has 0 aromatic heterocycles. The molecule has 0 heterocycles. The van der Waals surface area contributed by atoms with E-state index in [0.29, 0.717) is 5.71 Å². The molecule has 0 aliphatic carbocycles. The van der Waals surface area contributed by atoms with E-state index < -0.39 is 0 Å². The molecule has 12 heavy (non-hydrogen) atoms. The highest BCUT2D eigenvalue weighted by atomic mass is 31.0. The van der Waals surface area contributed by atoms with Crippen LogP contribution in [0.15, 0.2) is 4.76 Å². The molecule has 0 fully saturated rings. The molecule has 1 atom stereocenters. The fourth-order valence-electron chi connectivity index (χ4n) is 1.07. The van der Waals surface area contributed by atoms with Gasteiger partial charge in [0.15, 0.2) is 0 Å². The first-order valence-electron chi connectivity index (χ1n) is 4.62. The largest absolute Gasteiger partial charge is 0.304 e. The van der Waals surface area contributed by atoms with Crippen molar-refractivity contribution in [1.82, 2.24) is 0 Å². The van der Waals surface area contributed by atoms with Crippen molar-refractivity contribution in [2.45, 2.75) is 45.4 Å². The lowest BCUT2D eigenvalue weighted by Crippen LogP contribution is -1.96. The molecule has 0 saturated heterocycles. The van der Waals surface area contributed by atoms with E-state index in [4.69, 9.17) is 5.41 Å². The maximum absolute atomic E-state index is 7.41. The minimum Gasteiger partial charge on any atom is -0.304 e. The first-order chi connectivity index (χ1) is 5.81. The second-order valence-electron chi connectivity index (χ2n) is 2.97. The maximum atomic E-state index is 7.41. The molecule has 1 unspecified atom stereocenters. The normalized spacial score (nSPS) is 10.8. The second kappa shape index (κ2) is 8.86. The summed E-state index contributed by atoms with van der Waals surface area (Å²) in [6.07, 6.45) is 8.78. The Morgan fingerprint density at radius 2 is 2.00 bits per heavy atom. The van der Waals surface area contributed by atoms with E-state index in [-0.39, 0.29) is 0 Å². The molecule has 0 bridgehead atoms. The summed E-state index contributed by atoms with van der Waals surface area (Å²) >= 11 is 0. The monoisotopic (exact) mass is 186 g/mol. The average Bonchev–Trinajstić information content (AvgIpc) is 2.05. The van der Waals surface area contributed by atoms with Gasteiger partial charge in [0.25, 0.3) is 0 Å². The van der Waals surface area contributed by atoms with Gasteiger partial charge in [-0.15, -0.1) is 0 Å². The smallest absolute Gasteiger partial charge is 0.0495 e. The minimum atomic E-state index is 0.640. The minimum absolute atomic E-state index is 0.640. The molecule has 0 aliphatic heterocycles. The third-order valence-corrected chi connectivity index (χ3v) is 1.93. The van der Waals surface area contributed by atoms with Crippen molar-refractivity contribution in [1.29, 1.82) is 5.41 Å². The van der Waals surface area contributed by atoms with E-state index >= 15 is 0 Å². The summed E-state index contributed by atoms with van der Waals surface area (Å²) < 4.78 is 3.72. The zero-order chi connectivity index (χ0) is 9.23. The summed E-state index contributed by atoms with van der Waals surface area (Å²) in [6.45, 7) is 2.21. The molecule has 2 nitrogen and oxygen atoms in total. The summed E-state index contributed by atoms with van der Waals surface area (Å²) in [5.74, 6) is 0. The highest BCUT2D eigenvalue weighted by Crippen LogP contribution is 2.04. The van der Waals surface area contributed by atoms with Crippen molar-refractivity contribution in [3.63, 3.8) is 0 Å². The Labute approximate surface area is 77.6 Å². The number of unbranched alkanes of at least 4 members (excludes halogenated alkanes) is 4. The van der Waals surface area contributed by atoms with Crippen LogP contribution in [0.2, 0.25) is 0 Å². The van der Waals surface area contributed by atoms with Crippen molar-refractivity contribution in [2.75, 3.05) is 0 Å². The summed E-state index contributed by atoms with van der Waals surface area (Å²) in [4.78, 5) is 0. The van der Waals surface area contributed by atoms with Gasteiger partial charge >= 0.3 is 0 Å². The van der Waals surface area contributed by atoms with Crippen LogP contribution in [0.4, 0.5) is 0 Å². The van der Waals surface area contributed by atoms with Crippen LogP contribution in [0, 0.1) is 5.41 Å². The summed E-state index contributed by atoms with van der Waals surface area (Å²) in [5.41, 5.74) is 0.640. The molecule has 0 aromatic rings. The van der Waals surface area contributed by atoms with Crippen LogP contribution < -0.4 is 0 Å². The predicted octanol–water partition coefficient (Wildman–Crippen LogP) is 3.23. The number of rotatable bonds is 7. The molecule has 0 saturated carbocycles. The van der Waals surface area contributed by atoms with E-state index in [1.165, 1.54) is 25.7 Å². The molecule has 1 N–H and O–H groups in total.